The third-order valence-electron chi connectivity index (χ3n) is 6.38. The maximum absolute atomic E-state index is 12.6. The topological polar surface area (TPSA) is 47.1 Å². The normalized spacial score (nSPS) is 23.4. The Hall–Kier alpha value is -1.66. The van der Waals surface area contributed by atoms with Crippen molar-refractivity contribution in [3.8, 4) is 0 Å². The number of nitrogens with zero attached hydrogens (tertiary/aromatic N) is 4. The van der Waals surface area contributed by atoms with Crippen LogP contribution in [0.5, 0.6) is 0 Å². The smallest absolute Gasteiger partial charge is 0.246 e. The van der Waals surface area contributed by atoms with Gasteiger partial charge in [0, 0.05) is 63.9 Å². The average molecular weight is 405 g/mol. The molecule has 2 heterocycles. The van der Waals surface area contributed by atoms with Crippen molar-refractivity contribution < 1.29 is 9.59 Å². The monoisotopic (exact) mass is 404 g/mol. The van der Waals surface area contributed by atoms with Gasteiger partial charge in [0.2, 0.25) is 11.8 Å². The van der Waals surface area contributed by atoms with Gasteiger partial charge in [0.1, 0.15) is 0 Å². The zero-order valence-electron chi connectivity index (χ0n) is 18.8. The van der Waals surface area contributed by atoms with E-state index < -0.39 is 0 Å². The molecule has 0 aliphatic carbocycles. The van der Waals surface area contributed by atoms with Crippen molar-refractivity contribution in [2.75, 3.05) is 45.8 Å². The largest absolute Gasteiger partial charge is 0.338 e. The fourth-order valence-electron chi connectivity index (χ4n) is 4.33. The molecule has 6 heteroatoms. The number of carbonyl (C=O) groups is 2. The molecule has 2 saturated heterocycles. The Morgan fingerprint density at radius 2 is 1.72 bits per heavy atom. The summed E-state index contributed by atoms with van der Waals surface area (Å²) >= 11 is 0. The van der Waals surface area contributed by atoms with Crippen LogP contribution in [0.4, 0.5) is 0 Å². The average Bonchev–Trinajstić information content (AvgIpc) is 2.99. The molecule has 0 aromatic rings. The molecule has 2 fully saturated rings. The summed E-state index contributed by atoms with van der Waals surface area (Å²) in [7, 11) is 0. The van der Waals surface area contributed by atoms with Crippen LogP contribution in [0.1, 0.15) is 47.0 Å². The number of hydrogen-bond donors (Lipinski definition) is 0. The Morgan fingerprint density at radius 1 is 1.00 bits per heavy atom. The van der Waals surface area contributed by atoms with Gasteiger partial charge in [-0.2, -0.15) is 0 Å². The third kappa shape index (κ3) is 6.68. The highest BCUT2D eigenvalue weighted by Gasteiger charge is 2.29. The van der Waals surface area contributed by atoms with Gasteiger partial charge in [0.15, 0.2) is 0 Å². The molecule has 0 spiro atoms. The van der Waals surface area contributed by atoms with E-state index in [2.05, 4.69) is 44.1 Å². The van der Waals surface area contributed by atoms with Crippen molar-refractivity contribution in [3.05, 3.63) is 24.8 Å². The van der Waals surface area contributed by atoms with E-state index in [0.717, 1.165) is 65.1 Å². The van der Waals surface area contributed by atoms with E-state index in [1.165, 1.54) is 6.08 Å². The predicted molar refractivity (Wildman–Crippen MR) is 119 cm³/mol. The zero-order chi connectivity index (χ0) is 21.4. The number of carbonyl (C=O) groups excluding carboxylic acids is 2. The Morgan fingerprint density at radius 3 is 2.38 bits per heavy atom. The number of rotatable bonds is 7. The summed E-state index contributed by atoms with van der Waals surface area (Å²) in [6.07, 6.45) is 8.04. The van der Waals surface area contributed by atoms with Crippen molar-refractivity contribution in [1.82, 2.24) is 19.6 Å². The molecule has 1 unspecified atom stereocenters. The second-order valence-electron chi connectivity index (χ2n) is 8.59. The summed E-state index contributed by atoms with van der Waals surface area (Å²) in [5.74, 6) is 0.166. The van der Waals surface area contributed by atoms with E-state index in [1.54, 1.807) is 6.08 Å². The number of amides is 2. The lowest BCUT2D eigenvalue weighted by Crippen LogP contribution is -2.56. The Kier molecular flexibility index (Phi) is 9.37. The van der Waals surface area contributed by atoms with Crippen LogP contribution in [0.15, 0.2) is 24.8 Å². The van der Waals surface area contributed by atoms with Crippen LogP contribution in [-0.2, 0) is 9.59 Å². The van der Waals surface area contributed by atoms with Crippen LogP contribution in [0.25, 0.3) is 0 Å². The fraction of sp³-hybridized carbons (Fsp3) is 0.739. The van der Waals surface area contributed by atoms with Gasteiger partial charge in [0.05, 0.1) is 0 Å². The van der Waals surface area contributed by atoms with Crippen LogP contribution in [-0.4, -0.2) is 95.4 Å². The molecular formula is C23H40N4O2. The Labute approximate surface area is 177 Å². The first kappa shape index (κ1) is 23.6. The van der Waals surface area contributed by atoms with Gasteiger partial charge in [-0.1, -0.05) is 19.6 Å². The van der Waals surface area contributed by atoms with Crippen molar-refractivity contribution in [3.63, 3.8) is 0 Å². The second kappa shape index (κ2) is 11.5. The van der Waals surface area contributed by atoms with Crippen molar-refractivity contribution in [1.29, 1.82) is 0 Å². The van der Waals surface area contributed by atoms with E-state index >= 15 is 0 Å². The predicted octanol–water partition coefficient (Wildman–Crippen LogP) is 2.37. The summed E-state index contributed by atoms with van der Waals surface area (Å²) < 4.78 is 0. The lowest BCUT2D eigenvalue weighted by atomic mass is 10.1. The molecular weight excluding hydrogens is 364 g/mol. The van der Waals surface area contributed by atoms with Crippen LogP contribution in [0.3, 0.4) is 0 Å². The Balaban J connectivity index is 1.81. The first-order valence-electron chi connectivity index (χ1n) is 11.2. The molecule has 0 radical (unpaired) electrons. The van der Waals surface area contributed by atoms with E-state index in [0.29, 0.717) is 12.1 Å². The van der Waals surface area contributed by atoms with Crippen LogP contribution in [0, 0.1) is 0 Å². The summed E-state index contributed by atoms with van der Waals surface area (Å²) in [6.45, 7) is 18.6. The van der Waals surface area contributed by atoms with Crippen molar-refractivity contribution >= 4 is 11.8 Å². The van der Waals surface area contributed by atoms with Gasteiger partial charge < -0.3 is 9.80 Å². The molecule has 0 aromatic heterocycles. The van der Waals surface area contributed by atoms with Crippen LogP contribution >= 0.6 is 0 Å². The van der Waals surface area contributed by atoms with Gasteiger partial charge in [-0.05, 0) is 52.2 Å². The molecule has 2 aliphatic heterocycles. The van der Waals surface area contributed by atoms with Crippen LogP contribution in [0.2, 0.25) is 0 Å². The fourth-order valence-corrected chi connectivity index (χ4v) is 4.33. The standard InChI is InChI=1S/C23H40N4O2/c1-6-21-18-26(16-17-27(21)22(28)7-2)20(5)10-8-11-23(29)25-13-9-12-24(14-15-25)19(3)4/h7-8,11,19-21H,2,6,9-10,12-18H2,1,3-5H3/b11-8+/t20?,21-/m1/s1. The lowest BCUT2D eigenvalue weighted by molar-refractivity contribution is -0.131. The SMILES string of the molecule is C=CC(=O)N1CCN(C(C)C/C=C/C(=O)N2CCCN(C(C)C)CC2)C[C@H]1CC. The zero-order valence-corrected chi connectivity index (χ0v) is 18.8. The van der Waals surface area contributed by atoms with Crippen molar-refractivity contribution in [2.45, 2.75) is 65.1 Å². The minimum Gasteiger partial charge on any atom is -0.338 e. The first-order valence-corrected chi connectivity index (χ1v) is 11.2. The number of piperazine rings is 1. The minimum atomic E-state index is 0.0307. The second-order valence-corrected chi connectivity index (χ2v) is 8.59. The molecule has 0 saturated carbocycles. The molecule has 2 atom stereocenters. The molecule has 6 nitrogen and oxygen atoms in total. The molecule has 0 N–H and O–H groups in total. The third-order valence-corrected chi connectivity index (χ3v) is 6.38. The van der Waals surface area contributed by atoms with Gasteiger partial charge >= 0.3 is 0 Å². The molecule has 0 bridgehead atoms. The van der Waals surface area contributed by atoms with Crippen LogP contribution < -0.4 is 0 Å². The highest BCUT2D eigenvalue weighted by molar-refractivity contribution is 5.87. The highest BCUT2D eigenvalue weighted by Crippen LogP contribution is 2.17. The molecule has 164 valence electrons. The summed E-state index contributed by atoms with van der Waals surface area (Å²) in [5.41, 5.74) is 0. The maximum atomic E-state index is 12.6. The summed E-state index contributed by atoms with van der Waals surface area (Å²) in [6, 6.07) is 1.13. The lowest BCUT2D eigenvalue weighted by Gasteiger charge is -2.43. The van der Waals surface area contributed by atoms with E-state index in [4.69, 9.17) is 0 Å². The molecule has 2 amide bonds. The number of hydrogen-bond acceptors (Lipinski definition) is 4. The molecule has 2 rings (SSSR count). The molecule has 2 aliphatic rings. The van der Waals surface area contributed by atoms with E-state index in [-0.39, 0.29) is 17.9 Å². The minimum absolute atomic E-state index is 0.0307. The Bertz CT molecular complexity index is 589. The molecule has 0 aromatic carbocycles. The van der Waals surface area contributed by atoms with Gasteiger partial charge in [-0.15, -0.1) is 0 Å². The van der Waals surface area contributed by atoms with Gasteiger partial charge in [-0.3, -0.25) is 19.4 Å². The van der Waals surface area contributed by atoms with Gasteiger partial charge in [-0.25, -0.2) is 0 Å². The van der Waals surface area contributed by atoms with Gasteiger partial charge in [0.25, 0.3) is 0 Å². The molecule has 29 heavy (non-hydrogen) atoms. The first-order chi connectivity index (χ1) is 13.9. The van der Waals surface area contributed by atoms with Crippen molar-refractivity contribution in [2.24, 2.45) is 0 Å². The van der Waals surface area contributed by atoms with E-state index in [9.17, 15) is 9.59 Å². The maximum Gasteiger partial charge on any atom is 0.246 e. The van der Waals surface area contributed by atoms with E-state index in [1.807, 2.05) is 15.9 Å². The quantitative estimate of drug-likeness (QED) is 0.611. The summed E-state index contributed by atoms with van der Waals surface area (Å²) in [5, 5.41) is 0. The summed E-state index contributed by atoms with van der Waals surface area (Å²) in [4.78, 5) is 33.4. The highest BCUT2D eigenvalue weighted by atomic mass is 16.2.